The Kier molecular flexibility index (Phi) is 6.45. The van der Waals surface area contributed by atoms with Crippen LogP contribution in [0.1, 0.15) is 39.2 Å². The Morgan fingerprint density at radius 3 is 2.38 bits per heavy atom. The maximum atomic E-state index is 11.8. The molecule has 1 aliphatic rings. The Labute approximate surface area is 157 Å². The average molecular weight is 375 g/mol. The van der Waals surface area contributed by atoms with Crippen molar-refractivity contribution in [2.75, 3.05) is 6.61 Å². The average Bonchev–Trinajstić information content (AvgIpc) is 2.93. The zero-order valence-electron chi connectivity index (χ0n) is 16.5. The predicted octanol–water partition coefficient (Wildman–Crippen LogP) is 4.69. The van der Waals surface area contributed by atoms with Gasteiger partial charge in [-0.2, -0.15) is 0 Å². The molecule has 1 aromatic carbocycles. The number of rotatable bonds is 7. The molecule has 0 N–H and O–H groups in total. The molecule has 0 fully saturated rings. The van der Waals surface area contributed by atoms with E-state index >= 15 is 0 Å². The highest BCUT2D eigenvalue weighted by molar-refractivity contribution is 6.74. The maximum absolute atomic E-state index is 11.8. The van der Waals surface area contributed by atoms with E-state index in [4.69, 9.17) is 9.16 Å². The van der Waals surface area contributed by atoms with Gasteiger partial charge < -0.3 is 9.16 Å². The van der Waals surface area contributed by atoms with Crippen molar-refractivity contribution in [3.05, 3.63) is 42.0 Å². The highest BCUT2D eigenvalue weighted by Crippen LogP contribution is 2.37. The van der Waals surface area contributed by atoms with Crippen LogP contribution in [0.25, 0.3) is 0 Å². The van der Waals surface area contributed by atoms with E-state index in [1.165, 1.54) is 0 Å². The monoisotopic (exact) mass is 374 g/mol. The Bertz CT molecular complexity index is 668. The largest absolute Gasteiger partial charge is 0.544 e. The van der Waals surface area contributed by atoms with Gasteiger partial charge in [-0.15, -0.1) is 0 Å². The molecular formula is C21H30O4Si. The van der Waals surface area contributed by atoms with Crippen molar-refractivity contribution in [2.24, 2.45) is 5.92 Å². The van der Waals surface area contributed by atoms with Crippen LogP contribution in [0, 0.1) is 5.92 Å². The van der Waals surface area contributed by atoms with E-state index < -0.39 is 8.32 Å². The molecule has 0 bridgehead atoms. The van der Waals surface area contributed by atoms with Gasteiger partial charge in [0.15, 0.2) is 5.78 Å². The first-order valence-corrected chi connectivity index (χ1v) is 12.1. The van der Waals surface area contributed by atoms with Gasteiger partial charge in [-0.25, -0.2) is 0 Å². The Morgan fingerprint density at radius 2 is 1.85 bits per heavy atom. The molecule has 5 heteroatoms. The van der Waals surface area contributed by atoms with Crippen molar-refractivity contribution in [3.63, 3.8) is 0 Å². The minimum absolute atomic E-state index is 0.0271. The molecule has 0 radical (unpaired) electrons. The van der Waals surface area contributed by atoms with Gasteiger partial charge in [-0.1, -0.05) is 39.0 Å². The van der Waals surface area contributed by atoms with E-state index in [0.29, 0.717) is 19.4 Å². The summed E-state index contributed by atoms with van der Waals surface area (Å²) in [6.45, 7) is 11.4. The molecule has 26 heavy (non-hydrogen) atoms. The van der Waals surface area contributed by atoms with Crippen molar-refractivity contribution in [3.8, 4) is 5.75 Å². The fourth-order valence-corrected chi connectivity index (χ4v) is 3.53. The number of carbonyl (C=O) groups is 2. The minimum atomic E-state index is -1.83. The molecule has 2 rings (SSSR count). The molecule has 0 spiro atoms. The van der Waals surface area contributed by atoms with E-state index in [9.17, 15) is 9.59 Å². The number of ether oxygens (including phenoxy) is 1. The molecule has 0 saturated heterocycles. The van der Waals surface area contributed by atoms with Crippen LogP contribution in [0.2, 0.25) is 18.1 Å². The van der Waals surface area contributed by atoms with Gasteiger partial charge in [0.1, 0.15) is 5.75 Å². The second-order valence-electron chi connectivity index (χ2n) is 8.42. The van der Waals surface area contributed by atoms with E-state index in [1.807, 2.05) is 30.3 Å². The zero-order chi connectivity index (χ0) is 19.4. The first-order valence-electron chi connectivity index (χ1n) is 9.22. The van der Waals surface area contributed by atoms with Gasteiger partial charge in [-0.3, -0.25) is 9.59 Å². The third-order valence-electron chi connectivity index (χ3n) is 5.27. The first kappa shape index (κ1) is 20.4. The number of esters is 1. The molecule has 0 heterocycles. The lowest BCUT2D eigenvalue weighted by molar-refractivity contribution is -0.145. The lowest BCUT2D eigenvalue weighted by atomic mass is 10.0. The SMILES string of the molecule is CC(C)(C)[Si](C)(C)Oc1ccc(CCOC(=O)CC2CC=CC2=O)cc1. The lowest BCUT2D eigenvalue weighted by Gasteiger charge is -2.36. The van der Waals surface area contributed by atoms with Gasteiger partial charge >= 0.3 is 5.97 Å². The number of hydrogen-bond donors (Lipinski definition) is 0. The molecular weight excluding hydrogens is 344 g/mol. The fraction of sp³-hybridized carbons (Fsp3) is 0.524. The molecule has 0 aromatic heterocycles. The summed E-state index contributed by atoms with van der Waals surface area (Å²) in [4.78, 5) is 23.3. The molecule has 142 valence electrons. The van der Waals surface area contributed by atoms with Crippen LogP contribution in [0.3, 0.4) is 0 Å². The van der Waals surface area contributed by atoms with Gasteiger partial charge in [0.2, 0.25) is 8.32 Å². The summed E-state index contributed by atoms with van der Waals surface area (Å²) in [6.07, 6.45) is 4.83. The van der Waals surface area contributed by atoms with Gasteiger partial charge in [0, 0.05) is 12.3 Å². The van der Waals surface area contributed by atoms with Crippen LogP contribution < -0.4 is 4.43 Å². The summed E-state index contributed by atoms with van der Waals surface area (Å²) in [6, 6.07) is 8.00. The summed E-state index contributed by atoms with van der Waals surface area (Å²) in [7, 11) is -1.83. The molecule has 1 aliphatic carbocycles. The summed E-state index contributed by atoms with van der Waals surface area (Å²) in [5.74, 6) is 0.392. The van der Waals surface area contributed by atoms with Crippen molar-refractivity contribution < 1.29 is 18.8 Å². The number of hydrogen-bond acceptors (Lipinski definition) is 4. The summed E-state index contributed by atoms with van der Waals surface area (Å²) in [5, 5.41) is 0.163. The topological polar surface area (TPSA) is 52.6 Å². The third-order valence-corrected chi connectivity index (χ3v) is 9.63. The van der Waals surface area contributed by atoms with E-state index in [0.717, 1.165) is 11.3 Å². The van der Waals surface area contributed by atoms with Crippen molar-refractivity contribution >= 4 is 20.1 Å². The van der Waals surface area contributed by atoms with Crippen LogP contribution in [-0.2, 0) is 20.7 Å². The van der Waals surface area contributed by atoms with Crippen LogP contribution in [0.5, 0.6) is 5.75 Å². The molecule has 0 saturated carbocycles. The van der Waals surface area contributed by atoms with E-state index in [-0.39, 0.29) is 29.1 Å². The number of allylic oxidation sites excluding steroid dienone is 2. The fourth-order valence-electron chi connectivity index (χ4n) is 2.50. The summed E-state index contributed by atoms with van der Waals surface area (Å²) < 4.78 is 11.5. The predicted molar refractivity (Wildman–Crippen MR) is 106 cm³/mol. The molecule has 1 unspecified atom stereocenters. The first-order chi connectivity index (χ1) is 12.1. The van der Waals surface area contributed by atoms with E-state index in [1.54, 1.807) is 6.08 Å². The van der Waals surface area contributed by atoms with Gasteiger partial charge in [0.05, 0.1) is 13.0 Å². The second-order valence-corrected chi connectivity index (χ2v) is 13.1. The lowest BCUT2D eigenvalue weighted by Crippen LogP contribution is -2.43. The number of carbonyl (C=O) groups excluding carboxylic acids is 2. The normalized spacial score (nSPS) is 17.4. The summed E-state index contributed by atoms with van der Waals surface area (Å²) in [5.41, 5.74) is 1.10. The third kappa shape index (κ3) is 5.56. The highest BCUT2D eigenvalue weighted by Gasteiger charge is 2.38. The van der Waals surface area contributed by atoms with Crippen molar-refractivity contribution in [2.45, 2.75) is 58.2 Å². The minimum Gasteiger partial charge on any atom is -0.544 e. The molecule has 1 atom stereocenters. The van der Waals surface area contributed by atoms with Crippen molar-refractivity contribution in [1.82, 2.24) is 0 Å². The van der Waals surface area contributed by atoms with Gasteiger partial charge in [-0.05, 0) is 48.3 Å². The smallest absolute Gasteiger partial charge is 0.306 e. The number of benzene rings is 1. The molecule has 4 nitrogen and oxygen atoms in total. The number of ketones is 1. The molecule has 1 aromatic rings. The quantitative estimate of drug-likeness (QED) is 0.513. The maximum Gasteiger partial charge on any atom is 0.306 e. The Morgan fingerprint density at radius 1 is 1.19 bits per heavy atom. The standard InChI is InChI=1S/C21H30O4Si/c1-21(2,3)26(4,5)25-18-11-9-16(10-12-18)13-14-24-20(23)15-17-7-6-8-19(17)22/h6,8-12,17H,7,13-15H2,1-5H3. The zero-order valence-corrected chi connectivity index (χ0v) is 17.5. The van der Waals surface area contributed by atoms with Crippen molar-refractivity contribution in [1.29, 1.82) is 0 Å². The Balaban J connectivity index is 1.77. The Hall–Kier alpha value is -1.88. The summed E-state index contributed by atoms with van der Waals surface area (Å²) >= 11 is 0. The van der Waals surface area contributed by atoms with E-state index in [2.05, 4.69) is 33.9 Å². The second kappa shape index (κ2) is 8.21. The van der Waals surface area contributed by atoms with Gasteiger partial charge in [0.25, 0.3) is 0 Å². The van der Waals surface area contributed by atoms with Crippen LogP contribution >= 0.6 is 0 Å². The van der Waals surface area contributed by atoms with Crippen LogP contribution in [-0.4, -0.2) is 26.7 Å². The van der Waals surface area contributed by atoms with Crippen LogP contribution in [0.4, 0.5) is 0 Å². The molecule has 0 aliphatic heterocycles. The highest BCUT2D eigenvalue weighted by atomic mass is 28.4. The van der Waals surface area contributed by atoms with Crippen LogP contribution in [0.15, 0.2) is 36.4 Å². The molecule has 0 amide bonds.